The van der Waals surface area contributed by atoms with E-state index in [9.17, 15) is 9.59 Å². The summed E-state index contributed by atoms with van der Waals surface area (Å²) in [5, 5.41) is 0. The molecule has 0 aliphatic carbocycles. The lowest BCUT2D eigenvalue weighted by Gasteiger charge is -2.35. The summed E-state index contributed by atoms with van der Waals surface area (Å²) < 4.78 is 0. The number of pyridine rings is 1. The second-order valence-electron chi connectivity index (χ2n) is 9.30. The molecule has 3 aliphatic rings. The molecular formula is C24H31N7O2. The molecule has 0 aromatic carbocycles. The van der Waals surface area contributed by atoms with E-state index in [0.717, 1.165) is 36.5 Å². The van der Waals surface area contributed by atoms with Gasteiger partial charge in [0.1, 0.15) is 11.5 Å². The molecule has 9 heteroatoms. The summed E-state index contributed by atoms with van der Waals surface area (Å²) in [6.07, 6.45) is 3.89. The monoisotopic (exact) mass is 449 g/mol. The Morgan fingerprint density at radius 3 is 2.55 bits per heavy atom. The van der Waals surface area contributed by atoms with Gasteiger partial charge < -0.3 is 19.6 Å². The molecule has 2 saturated heterocycles. The molecule has 3 aliphatic heterocycles. The summed E-state index contributed by atoms with van der Waals surface area (Å²) in [6.45, 7) is 9.66. The maximum Gasteiger partial charge on any atom is 0.273 e. The van der Waals surface area contributed by atoms with Crippen LogP contribution in [0.25, 0.3) is 0 Å². The van der Waals surface area contributed by atoms with Crippen molar-refractivity contribution in [3.8, 4) is 0 Å². The van der Waals surface area contributed by atoms with E-state index in [1.54, 1.807) is 6.92 Å². The molecule has 0 radical (unpaired) electrons. The zero-order valence-electron chi connectivity index (χ0n) is 19.6. The van der Waals surface area contributed by atoms with Gasteiger partial charge >= 0.3 is 0 Å². The highest BCUT2D eigenvalue weighted by atomic mass is 16.2. The van der Waals surface area contributed by atoms with Gasteiger partial charge in [-0.3, -0.25) is 14.6 Å². The molecule has 0 spiro atoms. The summed E-state index contributed by atoms with van der Waals surface area (Å²) >= 11 is 0. The topological polar surface area (TPSA) is 85.8 Å². The Morgan fingerprint density at radius 2 is 1.88 bits per heavy atom. The molecule has 0 saturated carbocycles. The minimum Gasteiger partial charge on any atom is -0.348 e. The first kappa shape index (κ1) is 21.6. The van der Waals surface area contributed by atoms with Crippen LogP contribution in [0.3, 0.4) is 0 Å². The average Bonchev–Trinajstić information content (AvgIpc) is 3.44. The summed E-state index contributed by atoms with van der Waals surface area (Å²) in [4.78, 5) is 47.6. The van der Waals surface area contributed by atoms with Crippen molar-refractivity contribution < 1.29 is 9.59 Å². The van der Waals surface area contributed by atoms with Crippen molar-refractivity contribution in [3.05, 3.63) is 41.3 Å². The number of piperazine rings is 1. The van der Waals surface area contributed by atoms with Crippen LogP contribution in [-0.2, 0) is 11.3 Å². The predicted molar refractivity (Wildman–Crippen MR) is 125 cm³/mol. The third-order valence-electron chi connectivity index (χ3n) is 6.95. The average molecular weight is 450 g/mol. The Labute approximate surface area is 194 Å². The van der Waals surface area contributed by atoms with Crippen LogP contribution in [0.15, 0.2) is 24.4 Å². The van der Waals surface area contributed by atoms with Gasteiger partial charge in [-0.15, -0.1) is 0 Å². The van der Waals surface area contributed by atoms with Crippen molar-refractivity contribution in [2.45, 2.75) is 52.2 Å². The number of hydrogen-bond acceptors (Lipinski definition) is 7. The highest BCUT2D eigenvalue weighted by Gasteiger charge is 2.39. The summed E-state index contributed by atoms with van der Waals surface area (Å²) in [5.74, 6) is 1.50. The lowest BCUT2D eigenvalue weighted by Crippen LogP contribution is -2.48. The Balaban J connectivity index is 1.54. The van der Waals surface area contributed by atoms with Gasteiger partial charge in [0.05, 0.1) is 18.3 Å². The Hall–Kier alpha value is -3.23. The van der Waals surface area contributed by atoms with Crippen LogP contribution in [0.5, 0.6) is 0 Å². The van der Waals surface area contributed by atoms with Crippen molar-refractivity contribution in [1.29, 1.82) is 0 Å². The molecule has 2 aromatic rings. The van der Waals surface area contributed by atoms with Crippen molar-refractivity contribution in [2.24, 2.45) is 0 Å². The number of nitrogens with zero attached hydrogens (tertiary/aromatic N) is 7. The van der Waals surface area contributed by atoms with Crippen molar-refractivity contribution in [1.82, 2.24) is 24.8 Å². The van der Waals surface area contributed by atoms with E-state index in [4.69, 9.17) is 9.97 Å². The molecule has 1 atom stereocenters. The lowest BCUT2D eigenvalue weighted by molar-refractivity contribution is -0.129. The van der Waals surface area contributed by atoms with Crippen molar-refractivity contribution >= 4 is 23.6 Å². The molecule has 2 fully saturated rings. The van der Waals surface area contributed by atoms with E-state index < -0.39 is 0 Å². The largest absolute Gasteiger partial charge is 0.348 e. The van der Waals surface area contributed by atoms with Crippen LogP contribution in [-0.4, -0.2) is 75.3 Å². The van der Waals surface area contributed by atoms with E-state index in [1.807, 2.05) is 42.0 Å². The van der Waals surface area contributed by atoms with E-state index >= 15 is 0 Å². The maximum atomic E-state index is 13.3. The minimum atomic E-state index is -0.0270. The third kappa shape index (κ3) is 3.89. The molecule has 1 unspecified atom stereocenters. The molecule has 0 N–H and O–H groups in total. The highest BCUT2D eigenvalue weighted by molar-refractivity contribution is 5.98. The summed E-state index contributed by atoms with van der Waals surface area (Å²) in [5.41, 5.74) is 2.47. The van der Waals surface area contributed by atoms with Crippen LogP contribution in [0.2, 0.25) is 0 Å². The Morgan fingerprint density at radius 1 is 1.09 bits per heavy atom. The molecule has 174 valence electrons. The molecule has 33 heavy (non-hydrogen) atoms. The van der Waals surface area contributed by atoms with Crippen molar-refractivity contribution in [2.75, 3.05) is 42.5 Å². The van der Waals surface area contributed by atoms with Crippen LogP contribution in [0, 0.1) is 0 Å². The second-order valence-corrected chi connectivity index (χ2v) is 9.30. The number of aromatic nitrogens is 3. The zero-order valence-corrected chi connectivity index (χ0v) is 19.6. The Kier molecular flexibility index (Phi) is 5.64. The van der Waals surface area contributed by atoms with Gasteiger partial charge in [-0.2, -0.15) is 4.98 Å². The minimum absolute atomic E-state index is 0.0270. The first-order chi connectivity index (χ1) is 15.9. The molecule has 0 bridgehead atoms. The van der Waals surface area contributed by atoms with Gasteiger partial charge in [-0.05, 0) is 38.8 Å². The fraction of sp³-hybridized carbons (Fsp3) is 0.542. The van der Waals surface area contributed by atoms with Crippen LogP contribution in [0.1, 0.15) is 61.4 Å². The van der Waals surface area contributed by atoms with E-state index in [0.29, 0.717) is 44.4 Å². The lowest BCUT2D eigenvalue weighted by atomic mass is 10.1. The van der Waals surface area contributed by atoms with Gasteiger partial charge in [0.15, 0.2) is 0 Å². The molecule has 2 amide bonds. The fourth-order valence-corrected chi connectivity index (χ4v) is 5.08. The number of hydrogen-bond donors (Lipinski definition) is 0. The van der Waals surface area contributed by atoms with Gasteiger partial charge in [0, 0.05) is 57.4 Å². The van der Waals surface area contributed by atoms with E-state index in [1.165, 1.54) is 0 Å². The summed E-state index contributed by atoms with van der Waals surface area (Å²) in [6, 6.07) is 6.25. The molecular weight excluding hydrogens is 418 g/mol. The standard InChI is InChI=1S/C24H31N7O2/c1-16(2)31-15-18-21(23(31)33)26-24(29-13-11-28(12-14-29)17(3)32)27-22(18)30-10-6-8-20(30)19-7-4-5-9-25-19/h4-5,7,9,16,20H,6,8,10-15H2,1-3H3. The molecule has 5 rings (SSSR count). The summed E-state index contributed by atoms with van der Waals surface area (Å²) in [7, 11) is 0. The zero-order chi connectivity index (χ0) is 23.1. The maximum absolute atomic E-state index is 13.3. The van der Waals surface area contributed by atoms with Gasteiger partial charge in [0.2, 0.25) is 11.9 Å². The number of rotatable bonds is 4. The quantitative estimate of drug-likeness (QED) is 0.708. The fourth-order valence-electron chi connectivity index (χ4n) is 5.08. The van der Waals surface area contributed by atoms with Crippen LogP contribution in [0.4, 0.5) is 11.8 Å². The first-order valence-corrected chi connectivity index (χ1v) is 11.8. The molecule has 2 aromatic heterocycles. The van der Waals surface area contributed by atoms with Gasteiger partial charge in [-0.1, -0.05) is 6.07 Å². The first-order valence-electron chi connectivity index (χ1n) is 11.8. The number of carbonyl (C=O) groups excluding carboxylic acids is 2. The SMILES string of the molecule is CC(=O)N1CCN(c2nc3c(c(N4CCCC4c4ccccn4)n2)CN(C(C)C)C3=O)CC1. The van der Waals surface area contributed by atoms with Crippen LogP contribution < -0.4 is 9.80 Å². The van der Waals surface area contributed by atoms with Crippen LogP contribution >= 0.6 is 0 Å². The highest BCUT2D eigenvalue weighted by Crippen LogP contribution is 2.40. The number of carbonyl (C=O) groups is 2. The third-order valence-corrected chi connectivity index (χ3v) is 6.95. The van der Waals surface area contributed by atoms with Gasteiger partial charge in [0.25, 0.3) is 5.91 Å². The smallest absolute Gasteiger partial charge is 0.273 e. The number of anilines is 2. The van der Waals surface area contributed by atoms with Crippen molar-refractivity contribution in [3.63, 3.8) is 0 Å². The predicted octanol–water partition coefficient (Wildman–Crippen LogP) is 2.25. The number of fused-ring (bicyclic) bond motifs is 1. The van der Waals surface area contributed by atoms with E-state index in [2.05, 4.69) is 20.9 Å². The second kappa shape index (κ2) is 8.61. The van der Waals surface area contributed by atoms with Gasteiger partial charge in [-0.25, -0.2) is 4.98 Å². The normalized spacial score (nSPS) is 20.7. The number of amides is 2. The molecule has 5 heterocycles. The molecule has 9 nitrogen and oxygen atoms in total. The Bertz CT molecular complexity index is 1050. The van der Waals surface area contributed by atoms with E-state index in [-0.39, 0.29) is 23.9 Å².